The summed E-state index contributed by atoms with van der Waals surface area (Å²) in [6.07, 6.45) is -2.51. The van der Waals surface area contributed by atoms with Crippen LogP contribution in [0.5, 0.6) is 0 Å². The number of nitrogens with two attached hydrogens (primary N) is 1. The van der Waals surface area contributed by atoms with Gasteiger partial charge in [-0.15, -0.1) is 0 Å². The van der Waals surface area contributed by atoms with Gasteiger partial charge in [-0.05, 0) is 25.8 Å². The molecule has 0 aromatic carbocycles. The van der Waals surface area contributed by atoms with Gasteiger partial charge in [0.25, 0.3) is 0 Å². The summed E-state index contributed by atoms with van der Waals surface area (Å²) in [6.45, 7) is -0.0181. The van der Waals surface area contributed by atoms with E-state index in [0.29, 0.717) is 5.76 Å². The Labute approximate surface area is 90.8 Å². The standard InChI is InChI=1S/C10H13F3N2O/c11-10(12,13)7(3-4-14)8-5-9(16-15-8)6-1-2-6/h5-7H,1-4,14H2. The fourth-order valence-electron chi connectivity index (χ4n) is 1.67. The van der Waals surface area contributed by atoms with Crippen LogP contribution in [-0.4, -0.2) is 17.9 Å². The first-order chi connectivity index (χ1) is 7.52. The van der Waals surface area contributed by atoms with Crippen molar-refractivity contribution in [3.8, 4) is 0 Å². The Hall–Kier alpha value is -1.04. The zero-order valence-corrected chi connectivity index (χ0v) is 8.63. The third kappa shape index (κ3) is 2.37. The van der Waals surface area contributed by atoms with Gasteiger partial charge in [0.05, 0.1) is 5.69 Å². The van der Waals surface area contributed by atoms with Gasteiger partial charge in [-0.25, -0.2) is 0 Å². The molecule has 1 aliphatic carbocycles. The second kappa shape index (κ2) is 4.08. The molecular formula is C10H13F3N2O. The van der Waals surface area contributed by atoms with Crippen molar-refractivity contribution in [2.45, 2.75) is 37.3 Å². The Kier molecular flexibility index (Phi) is 2.92. The van der Waals surface area contributed by atoms with E-state index >= 15 is 0 Å². The molecule has 0 saturated heterocycles. The van der Waals surface area contributed by atoms with Crippen LogP contribution in [0.15, 0.2) is 10.6 Å². The molecule has 0 bridgehead atoms. The van der Waals surface area contributed by atoms with Crippen molar-refractivity contribution < 1.29 is 17.7 Å². The minimum Gasteiger partial charge on any atom is -0.361 e. The van der Waals surface area contributed by atoms with Gasteiger partial charge in [0, 0.05) is 12.0 Å². The lowest BCUT2D eigenvalue weighted by Crippen LogP contribution is -2.23. The first-order valence-electron chi connectivity index (χ1n) is 5.25. The molecule has 6 heteroatoms. The van der Waals surface area contributed by atoms with Crippen LogP contribution in [0.3, 0.4) is 0 Å². The highest BCUT2D eigenvalue weighted by Gasteiger charge is 2.42. The molecule has 3 nitrogen and oxygen atoms in total. The van der Waals surface area contributed by atoms with Crippen molar-refractivity contribution in [3.63, 3.8) is 0 Å². The molecule has 0 spiro atoms. The largest absolute Gasteiger partial charge is 0.397 e. The van der Waals surface area contributed by atoms with Gasteiger partial charge in [0.15, 0.2) is 0 Å². The lowest BCUT2D eigenvalue weighted by atomic mass is 10.0. The number of hydrogen-bond acceptors (Lipinski definition) is 3. The molecule has 1 atom stereocenters. The van der Waals surface area contributed by atoms with Crippen molar-refractivity contribution >= 4 is 0 Å². The molecule has 1 saturated carbocycles. The van der Waals surface area contributed by atoms with Gasteiger partial charge in [-0.3, -0.25) is 0 Å². The smallest absolute Gasteiger partial charge is 0.361 e. The molecule has 1 unspecified atom stereocenters. The molecule has 90 valence electrons. The third-order valence-electron chi connectivity index (χ3n) is 2.73. The number of halogens is 3. The Morgan fingerprint density at radius 3 is 2.69 bits per heavy atom. The highest BCUT2D eigenvalue weighted by Crippen LogP contribution is 2.43. The summed E-state index contributed by atoms with van der Waals surface area (Å²) < 4.78 is 43.0. The van der Waals surface area contributed by atoms with E-state index in [1.807, 2.05) is 0 Å². The summed E-state index contributed by atoms with van der Waals surface area (Å²) in [5.41, 5.74) is 5.14. The first kappa shape index (κ1) is 11.4. The molecule has 1 heterocycles. The maximum Gasteiger partial charge on any atom is 0.397 e. The predicted octanol–water partition coefficient (Wildman–Crippen LogP) is 2.55. The summed E-state index contributed by atoms with van der Waals surface area (Å²) in [4.78, 5) is 0. The summed E-state index contributed by atoms with van der Waals surface area (Å²) in [5.74, 6) is -0.761. The highest BCUT2D eigenvalue weighted by atomic mass is 19.4. The zero-order valence-electron chi connectivity index (χ0n) is 8.63. The van der Waals surface area contributed by atoms with Crippen LogP contribution in [0.25, 0.3) is 0 Å². The number of nitrogens with zero attached hydrogens (tertiary/aromatic N) is 1. The molecule has 0 radical (unpaired) electrons. The third-order valence-corrected chi connectivity index (χ3v) is 2.73. The van der Waals surface area contributed by atoms with Crippen LogP contribution in [0.4, 0.5) is 13.2 Å². The Morgan fingerprint density at radius 2 is 2.19 bits per heavy atom. The molecule has 2 rings (SSSR count). The fraction of sp³-hybridized carbons (Fsp3) is 0.700. The lowest BCUT2D eigenvalue weighted by Gasteiger charge is -2.16. The van der Waals surface area contributed by atoms with Crippen LogP contribution in [-0.2, 0) is 0 Å². The van der Waals surface area contributed by atoms with E-state index in [-0.39, 0.29) is 24.6 Å². The molecule has 1 aromatic rings. The molecule has 2 N–H and O–H groups in total. The van der Waals surface area contributed by atoms with Gasteiger partial charge in [-0.1, -0.05) is 5.16 Å². The monoisotopic (exact) mass is 234 g/mol. The SMILES string of the molecule is NCCC(c1cc(C2CC2)on1)C(F)(F)F. The van der Waals surface area contributed by atoms with Gasteiger partial charge in [-0.2, -0.15) is 13.2 Å². The molecule has 0 amide bonds. The van der Waals surface area contributed by atoms with E-state index < -0.39 is 12.1 Å². The number of alkyl halides is 3. The van der Waals surface area contributed by atoms with Crippen molar-refractivity contribution in [1.29, 1.82) is 0 Å². The van der Waals surface area contributed by atoms with Crippen LogP contribution < -0.4 is 5.73 Å². The number of hydrogen-bond donors (Lipinski definition) is 1. The first-order valence-corrected chi connectivity index (χ1v) is 5.25. The topological polar surface area (TPSA) is 52.0 Å². The average molecular weight is 234 g/mol. The van der Waals surface area contributed by atoms with Crippen molar-refractivity contribution in [1.82, 2.24) is 5.16 Å². The zero-order chi connectivity index (χ0) is 11.8. The van der Waals surface area contributed by atoms with E-state index in [0.717, 1.165) is 12.8 Å². The van der Waals surface area contributed by atoms with Crippen LogP contribution in [0, 0.1) is 0 Å². The average Bonchev–Trinajstić information content (AvgIpc) is 2.93. The minimum atomic E-state index is -4.31. The van der Waals surface area contributed by atoms with E-state index in [1.165, 1.54) is 6.07 Å². The Morgan fingerprint density at radius 1 is 1.50 bits per heavy atom. The molecule has 1 aliphatic rings. The number of rotatable bonds is 4. The summed E-state index contributed by atoms with van der Waals surface area (Å²) in [5, 5.41) is 3.51. The highest BCUT2D eigenvalue weighted by molar-refractivity contribution is 5.18. The maximum absolute atomic E-state index is 12.7. The van der Waals surface area contributed by atoms with Gasteiger partial charge < -0.3 is 10.3 Å². The summed E-state index contributed by atoms with van der Waals surface area (Å²) in [7, 11) is 0. The van der Waals surface area contributed by atoms with Crippen molar-refractivity contribution in [2.75, 3.05) is 6.54 Å². The van der Waals surface area contributed by atoms with E-state index in [9.17, 15) is 13.2 Å². The second-order valence-corrected chi connectivity index (χ2v) is 4.10. The Balaban J connectivity index is 2.17. The summed E-state index contributed by atoms with van der Waals surface area (Å²) >= 11 is 0. The van der Waals surface area contributed by atoms with Gasteiger partial charge in [0.2, 0.25) is 0 Å². The quantitative estimate of drug-likeness (QED) is 0.870. The molecule has 1 aromatic heterocycles. The molecule has 0 aliphatic heterocycles. The van der Waals surface area contributed by atoms with Gasteiger partial charge >= 0.3 is 6.18 Å². The lowest BCUT2D eigenvalue weighted by molar-refractivity contribution is -0.152. The molecule has 16 heavy (non-hydrogen) atoms. The fourth-order valence-corrected chi connectivity index (χ4v) is 1.67. The summed E-state index contributed by atoms with van der Waals surface area (Å²) in [6, 6.07) is 1.42. The Bertz CT molecular complexity index is 357. The maximum atomic E-state index is 12.7. The van der Waals surface area contributed by atoms with Crippen LogP contribution >= 0.6 is 0 Å². The molecule has 1 fully saturated rings. The number of aromatic nitrogens is 1. The van der Waals surface area contributed by atoms with Crippen molar-refractivity contribution in [2.24, 2.45) is 5.73 Å². The normalized spacial score (nSPS) is 18.8. The second-order valence-electron chi connectivity index (χ2n) is 4.10. The molecular weight excluding hydrogens is 221 g/mol. The van der Waals surface area contributed by atoms with Crippen LogP contribution in [0.2, 0.25) is 0 Å². The minimum absolute atomic E-state index is 0.0181. The predicted molar refractivity (Wildman–Crippen MR) is 50.9 cm³/mol. The van der Waals surface area contributed by atoms with Crippen molar-refractivity contribution in [3.05, 3.63) is 17.5 Å². The van der Waals surface area contributed by atoms with Crippen LogP contribution in [0.1, 0.15) is 42.6 Å². The van der Waals surface area contributed by atoms with E-state index in [1.54, 1.807) is 0 Å². The van der Waals surface area contributed by atoms with E-state index in [4.69, 9.17) is 10.3 Å². The van der Waals surface area contributed by atoms with Gasteiger partial charge in [0.1, 0.15) is 11.7 Å². The van der Waals surface area contributed by atoms with E-state index in [2.05, 4.69) is 5.16 Å².